The fourth-order valence-corrected chi connectivity index (χ4v) is 1.88. The van der Waals surface area contributed by atoms with Crippen LogP contribution < -0.4 is 10.0 Å². The predicted octanol–water partition coefficient (Wildman–Crippen LogP) is -0.548. The van der Waals surface area contributed by atoms with E-state index >= 15 is 0 Å². The van der Waals surface area contributed by atoms with Gasteiger partial charge in [-0.15, -0.1) is 0 Å². The van der Waals surface area contributed by atoms with Gasteiger partial charge in [0.2, 0.25) is 15.9 Å². The van der Waals surface area contributed by atoms with Crippen LogP contribution >= 0.6 is 0 Å². The van der Waals surface area contributed by atoms with E-state index in [1.807, 2.05) is 0 Å². The van der Waals surface area contributed by atoms with Gasteiger partial charge in [-0.2, -0.15) is 0 Å². The molecule has 0 saturated carbocycles. The van der Waals surface area contributed by atoms with Crippen LogP contribution in [0, 0.1) is 0 Å². The van der Waals surface area contributed by atoms with E-state index in [1.54, 1.807) is 6.92 Å². The monoisotopic (exact) mass is 208 g/mol. The van der Waals surface area contributed by atoms with Crippen molar-refractivity contribution in [1.29, 1.82) is 0 Å². The first-order valence-electron chi connectivity index (χ1n) is 4.19. The molecule has 0 fully saturated rings. The smallest absolute Gasteiger partial charge is 0.221 e. The molecule has 13 heavy (non-hydrogen) atoms. The van der Waals surface area contributed by atoms with Crippen LogP contribution in [0.1, 0.15) is 19.8 Å². The quantitative estimate of drug-likeness (QED) is 0.615. The second kappa shape index (κ2) is 5.93. The average Bonchev–Trinajstić information content (AvgIpc) is 2.03. The number of carbonyl (C=O) groups excluding carboxylic acids is 1. The lowest BCUT2D eigenvalue weighted by molar-refractivity contribution is -0.120. The summed E-state index contributed by atoms with van der Waals surface area (Å²) in [6.45, 7) is 1.96. The molecule has 0 aliphatic carbocycles. The fraction of sp³-hybridized carbons (Fsp3) is 0.857. The van der Waals surface area contributed by atoms with Crippen LogP contribution in [-0.4, -0.2) is 33.7 Å². The van der Waals surface area contributed by atoms with E-state index in [-0.39, 0.29) is 24.6 Å². The highest BCUT2D eigenvalue weighted by atomic mass is 32.2. The number of hydrogen-bond donors (Lipinski definition) is 2. The van der Waals surface area contributed by atoms with Crippen LogP contribution in [-0.2, 0) is 14.8 Å². The Morgan fingerprint density at radius 3 is 2.46 bits per heavy atom. The molecule has 0 rings (SSSR count). The molecule has 0 atom stereocenters. The Morgan fingerprint density at radius 2 is 2.00 bits per heavy atom. The van der Waals surface area contributed by atoms with Gasteiger partial charge in [0.05, 0.1) is 5.75 Å². The maximum Gasteiger partial charge on any atom is 0.221 e. The van der Waals surface area contributed by atoms with Crippen molar-refractivity contribution in [3.63, 3.8) is 0 Å². The van der Waals surface area contributed by atoms with Crippen molar-refractivity contribution < 1.29 is 13.2 Å². The fourth-order valence-electron chi connectivity index (χ4n) is 0.786. The van der Waals surface area contributed by atoms with Crippen LogP contribution in [0.15, 0.2) is 0 Å². The third kappa shape index (κ3) is 6.53. The summed E-state index contributed by atoms with van der Waals surface area (Å²) in [4.78, 5) is 10.7. The second-order valence-electron chi connectivity index (χ2n) is 2.64. The molecule has 0 spiro atoms. The highest BCUT2D eigenvalue weighted by molar-refractivity contribution is 7.89. The molecule has 0 unspecified atom stereocenters. The minimum absolute atomic E-state index is 0.112. The van der Waals surface area contributed by atoms with Crippen LogP contribution in [0.5, 0.6) is 0 Å². The Bertz CT molecular complexity index is 248. The average molecular weight is 208 g/mol. The highest BCUT2D eigenvalue weighted by Crippen LogP contribution is 1.88. The van der Waals surface area contributed by atoms with Gasteiger partial charge < -0.3 is 5.32 Å². The lowest BCUT2D eigenvalue weighted by Crippen LogP contribution is -2.30. The van der Waals surface area contributed by atoms with E-state index < -0.39 is 10.0 Å². The number of amides is 1. The van der Waals surface area contributed by atoms with Crippen molar-refractivity contribution >= 4 is 15.9 Å². The first-order chi connectivity index (χ1) is 6.02. The Balaban J connectivity index is 3.70. The molecule has 0 radical (unpaired) electrons. The Labute approximate surface area is 79.0 Å². The van der Waals surface area contributed by atoms with Crippen LogP contribution in [0.25, 0.3) is 0 Å². The largest absolute Gasteiger partial charge is 0.359 e. The molecule has 0 aliphatic rings. The van der Waals surface area contributed by atoms with Crippen LogP contribution in [0.3, 0.4) is 0 Å². The van der Waals surface area contributed by atoms with Crippen molar-refractivity contribution in [1.82, 2.24) is 10.0 Å². The maximum absolute atomic E-state index is 11.1. The summed E-state index contributed by atoms with van der Waals surface area (Å²) in [5.41, 5.74) is 0. The number of hydrogen-bond acceptors (Lipinski definition) is 3. The van der Waals surface area contributed by atoms with Crippen molar-refractivity contribution in [3.05, 3.63) is 0 Å². The lowest BCUT2D eigenvalue weighted by Gasteiger charge is -2.04. The van der Waals surface area contributed by atoms with Gasteiger partial charge in [-0.3, -0.25) is 4.79 Å². The highest BCUT2D eigenvalue weighted by Gasteiger charge is 2.07. The molecule has 2 N–H and O–H groups in total. The normalized spacial score (nSPS) is 11.2. The number of carbonyl (C=O) groups is 1. The molecular formula is C7H16N2O3S. The van der Waals surface area contributed by atoms with E-state index in [0.717, 1.165) is 0 Å². The first-order valence-corrected chi connectivity index (χ1v) is 5.85. The zero-order valence-corrected chi connectivity index (χ0v) is 8.78. The van der Waals surface area contributed by atoms with E-state index in [9.17, 15) is 13.2 Å². The number of sulfonamides is 1. The predicted molar refractivity (Wildman–Crippen MR) is 50.8 cm³/mol. The molecule has 0 aromatic heterocycles. The summed E-state index contributed by atoms with van der Waals surface area (Å²) >= 11 is 0. The molecule has 6 heteroatoms. The third-order valence-corrected chi connectivity index (χ3v) is 3.02. The molecule has 0 aromatic rings. The SMILES string of the molecule is CCCS(=O)(=O)NCCC(=O)NC. The molecule has 0 heterocycles. The Hall–Kier alpha value is -0.620. The topological polar surface area (TPSA) is 75.3 Å². The Kier molecular flexibility index (Phi) is 5.65. The van der Waals surface area contributed by atoms with Gasteiger partial charge in [0.15, 0.2) is 0 Å². The van der Waals surface area contributed by atoms with Crippen LogP contribution in [0.4, 0.5) is 0 Å². The summed E-state index contributed by atoms with van der Waals surface area (Å²) in [7, 11) is -1.65. The molecule has 0 aliphatic heterocycles. The van der Waals surface area contributed by atoms with Gasteiger partial charge in [-0.25, -0.2) is 13.1 Å². The number of nitrogens with one attached hydrogen (secondary N) is 2. The van der Waals surface area contributed by atoms with Crippen molar-refractivity contribution in [2.45, 2.75) is 19.8 Å². The molecule has 78 valence electrons. The first kappa shape index (κ1) is 12.4. The molecule has 0 saturated heterocycles. The third-order valence-electron chi connectivity index (χ3n) is 1.43. The summed E-state index contributed by atoms with van der Waals surface area (Å²) in [6.07, 6.45) is 0.759. The summed E-state index contributed by atoms with van der Waals surface area (Å²) < 4.78 is 24.5. The summed E-state index contributed by atoms with van der Waals surface area (Å²) in [6, 6.07) is 0. The van der Waals surface area contributed by atoms with Gasteiger partial charge >= 0.3 is 0 Å². The van der Waals surface area contributed by atoms with Gasteiger partial charge in [-0.1, -0.05) is 6.92 Å². The van der Waals surface area contributed by atoms with Gasteiger partial charge in [0, 0.05) is 20.0 Å². The summed E-state index contributed by atoms with van der Waals surface area (Å²) in [5.74, 6) is -0.0556. The molecule has 0 aromatic carbocycles. The minimum Gasteiger partial charge on any atom is -0.359 e. The second-order valence-corrected chi connectivity index (χ2v) is 4.56. The molecular weight excluding hydrogens is 192 g/mol. The van der Waals surface area contributed by atoms with E-state index in [4.69, 9.17) is 0 Å². The summed E-state index contributed by atoms with van der Waals surface area (Å²) in [5, 5.41) is 2.41. The molecule has 1 amide bonds. The zero-order valence-electron chi connectivity index (χ0n) is 7.96. The van der Waals surface area contributed by atoms with E-state index in [1.165, 1.54) is 7.05 Å². The maximum atomic E-state index is 11.1. The van der Waals surface area contributed by atoms with Crippen molar-refractivity contribution in [2.75, 3.05) is 19.3 Å². The minimum atomic E-state index is -3.17. The molecule has 0 bridgehead atoms. The lowest BCUT2D eigenvalue weighted by atomic mass is 10.4. The van der Waals surface area contributed by atoms with Crippen molar-refractivity contribution in [3.8, 4) is 0 Å². The van der Waals surface area contributed by atoms with E-state index in [0.29, 0.717) is 6.42 Å². The van der Waals surface area contributed by atoms with E-state index in [2.05, 4.69) is 10.0 Å². The van der Waals surface area contributed by atoms with Crippen LogP contribution in [0.2, 0.25) is 0 Å². The Morgan fingerprint density at radius 1 is 1.38 bits per heavy atom. The van der Waals surface area contributed by atoms with Gasteiger partial charge in [0.25, 0.3) is 0 Å². The molecule has 5 nitrogen and oxygen atoms in total. The van der Waals surface area contributed by atoms with Gasteiger partial charge in [-0.05, 0) is 6.42 Å². The zero-order chi connectivity index (χ0) is 10.3. The van der Waals surface area contributed by atoms with Gasteiger partial charge in [0.1, 0.15) is 0 Å². The van der Waals surface area contributed by atoms with Crippen molar-refractivity contribution in [2.24, 2.45) is 0 Å². The standard InChI is InChI=1S/C7H16N2O3S/c1-3-6-13(11,12)9-5-4-7(10)8-2/h9H,3-6H2,1-2H3,(H,8,10). The number of rotatable bonds is 6.